The van der Waals surface area contributed by atoms with E-state index in [1.54, 1.807) is 12.4 Å². The third-order valence-corrected chi connectivity index (χ3v) is 1.78. The van der Waals surface area contributed by atoms with Crippen LogP contribution in [0.3, 0.4) is 0 Å². The molecule has 0 fully saturated rings. The van der Waals surface area contributed by atoms with Crippen molar-refractivity contribution < 1.29 is 4.39 Å². The van der Waals surface area contributed by atoms with Crippen LogP contribution in [0.15, 0.2) is 24.7 Å². The molecule has 66 valence electrons. The summed E-state index contributed by atoms with van der Waals surface area (Å²) >= 11 is 5.61. The van der Waals surface area contributed by atoms with Gasteiger partial charge in [-0.2, -0.15) is 0 Å². The van der Waals surface area contributed by atoms with Crippen LogP contribution in [0.1, 0.15) is 0 Å². The van der Waals surface area contributed by atoms with Gasteiger partial charge in [-0.3, -0.25) is 0 Å². The number of halogens is 2. The molecule has 5 heteroatoms. The molecule has 0 aliphatic heterocycles. The number of rotatable bonds is 1. The summed E-state index contributed by atoms with van der Waals surface area (Å²) in [6, 6.07) is 1.43. The number of H-pyrrole nitrogens is 1. The third kappa shape index (κ3) is 1.53. The Labute approximate surface area is 78.6 Å². The molecule has 0 radical (unpaired) electrons. The molecule has 2 aromatic heterocycles. The van der Waals surface area contributed by atoms with Gasteiger partial charge in [-0.1, -0.05) is 11.6 Å². The van der Waals surface area contributed by atoms with Crippen molar-refractivity contribution in [3.8, 4) is 11.4 Å². The molecule has 3 nitrogen and oxygen atoms in total. The van der Waals surface area contributed by atoms with Gasteiger partial charge in [0.25, 0.3) is 0 Å². The summed E-state index contributed by atoms with van der Waals surface area (Å²) in [6.07, 6.45) is 4.23. The highest BCUT2D eigenvalue weighted by atomic mass is 35.5. The Morgan fingerprint density at radius 2 is 2.23 bits per heavy atom. The Morgan fingerprint density at radius 3 is 2.92 bits per heavy atom. The van der Waals surface area contributed by atoms with Gasteiger partial charge in [0.2, 0.25) is 0 Å². The van der Waals surface area contributed by atoms with Crippen LogP contribution in [0.4, 0.5) is 4.39 Å². The molecule has 0 aliphatic rings. The number of imidazole rings is 1. The van der Waals surface area contributed by atoms with E-state index in [4.69, 9.17) is 11.6 Å². The molecular weight excluding hydrogens is 193 g/mol. The Hall–Kier alpha value is -1.42. The number of aromatic nitrogens is 3. The van der Waals surface area contributed by atoms with Gasteiger partial charge in [0, 0.05) is 12.4 Å². The zero-order valence-electron chi connectivity index (χ0n) is 6.46. The van der Waals surface area contributed by atoms with Crippen LogP contribution in [-0.2, 0) is 0 Å². The van der Waals surface area contributed by atoms with Gasteiger partial charge in [-0.25, -0.2) is 14.4 Å². The maximum Gasteiger partial charge on any atom is 0.152 e. The molecule has 0 aromatic carbocycles. The minimum absolute atomic E-state index is 0.243. The molecule has 0 saturated heterocycles. The summed E-state index contributed by atoms with van der Waals surface area (Å²) in [5.74, 6) is 0.00106. The number of hydrogen-bond acceptors (Lipinski definition) is 2. The normalized spacial score (nSPS) is 10.3. The van der Waals surface area contributed by atoms with E-state index in [9.17, 15) is 4.39 Å². The van der Waals surface area contributed by atoms with Crippen molar-refractivity contribution in [2.24, 2.45) is 0 Å². The number of nitrogens with zero attached hydrogens (tertiary/aromatic N) is 2. The number of pyridine rings is 1. The van der Waals surface area contributed by atoms with E-state index in [2.05, 4.69) is 15.0 Å². The second-order valence-electron chi connectivity index (χ2n) is 2.42. The van der Waals surface area contributed by atoms with Crippen LogP contribution in [-0.4, -0.2) is 15.0 Å². The summed E-state index contributed by atoms with van der Waals surface area (Å²) in [5.41, 5.74) is 0.324. The van der Waals surface area contributed by atoms with E-state index in [1.165, 1.54) is 6.07 Å². The first-order valence-electron chi connectivity index (χ1n) is 3.58. The summed E-state index contributed by atoms with van der Waals surface area (Å²) in [5, 5.41) is 0.243. The van der Waals surface area contributed by atoms with Gasteiger partial charge in [-0.15, -0.1) is 0 Å². The topological polar surface area (TPSA) is 41.6 Å². The Kier molecular flexibility index (Phi) is 1.98. The number of aromatic amines is 1. The average molecular weight is 198 g/mol. The zero-order valence-corrected chi connectivity index (χ0v) is 7.22. The lowest BCUT2D eigenvalue weighted by Crippen LogP contribution is -1.88. The van der Waals surface area contributed by atoms with Gasteiger partial charge < -0.3 is 4.98 Å². The first-order chi connectivity index (χ1) is 6.27. The van der Waals surface area contributed by atoms with Crippen molar-refractivity contribution in [2.75, 3.05) is 0 Å². The first-order valence-corrected chi connectivity index (χ1v) is 3.96. The van der Waals surface area contributed by atoms with Crippen molar-refractivity contribution in [1.82, 2.24) is 15.0 Å². The van der Waals surface area contributed by atoms with E-state index in [-0.39, 0.29) is 5.15 Å². The standard InChI is InChI=1S/C8H5ClFN3/c9-7-3-5(6(10)4-13-7)8-11-1-2-12-8/h1-4H,(H,11,12). The van der Waals surface area contributed by atoms with E-state index in [0.29, 0.717) is 11.4 Å². The van der Waals surface area contributed by atoms with Crippen LogP contribution in [0, 0.1) is 5.82 Å². The molecule has 0 aliphatic carbocycles. The fraction of sp³-hybridized carbons (Fsp3) is 0. The predicted octanol–water partition coefficient (Wildman–Crippen LogP) is 2.26. The fourth-order valence-corrected chi connectivity index (χ4v) is 1.17. The maximum absolute atomic E-state index is 13.2. The van der Waals surface area contributed by atoms with Gasteiger partial charge in [-0.05, 0) is 6.07 Å². The van der Waals surface area contributed by atoms with Crippen LogP contribution < -0.4 is 0 Å². The molecular formula is C8H5ClFN3. The van der Waals surface area contributed by atoms with Gasteiger partial charge in [0.05, 0.1) is 11.8 Å². The molecule has 2 heterocycles. The minimum Gasteiger partial charge on any atom is -0.345 e. The lowest BCUT2D eigenvalue weighted by Gasteiger charge is -1.98. The monoisotopic (exact) mass is 197 g/mol. The van der Waals surface area contributed by atoms with Crippen molar-refractivity contribution in [1.29, 1.82) is 0 Å². The number of hydrogen-bond donors (Lipinski definition) is 1. The Balaban J connectivity index is 2.57. The summed E-state index contributed by atoms with van der Waals surface area (Å²) in [4.78, 5) is 10.3. The minimum atomic E-state index is -0.445. The van der Waals surface area contributed by atoms with Crippen molar-refractivity contribution >= 4 is 11.6 Å². The highest BCUT2D eigenvalue weighted by Gasteiger charge is 2.07. The molecule has 0 amide bonds. The molecule has 1 N–H and O–H groups in total. The Morgan fingerprint density at radius 1 is 1.38 bits per heavy atom. The zero-order chi connectivity index (χ0) is 9.26. The second-order valence-corrected chi connectivity index (χ2v) is 2.81. The second kappa shape index (κ2) is 3.14. The highest BCUT2D eigenvalue weighted by molar-refractivity contribution is 6.29. The van der Waals surface area contributed by atoms with E-state index >= 15 is 0 Å². The summed E-state index contributed by atoms with van der Waals surface area (Å²) in [7, 11) is 0. The summed E-state index contributed by atoms with van der Waals surface area (Å²) in [6.45, 7) is 0. The first kappa shape index (κ1) is 8.19. The van der Waals surface area contributed by atoms with Crippen LogP contribution in [0.5, 0.6) is 0 Å². The van der Waals surface area contributed by atoms with Crippen LogP contribution in [0.2, 0.25) is 5.15 Å². The lowest BCUT2D eigenvalue weighted by atomic mass is 10.2. The molecule has 2 rings (SSSR count). The molecule has 0 spiro atoms. The smallest absolute Gasteiger partial charge is 0.152 e. The lowest BCUT2D eigenvalue weighted by molar-refractivity contribution is 0.624. The van der Waals surface area contributed by atoms with Gasteiger partial charge in [0.1, 0.15) is 11.0 Å². The third-order valence-electron chi connectivity index (χ3n) is 1.58. The molecule has 0 atom stereocenters. The fourth-order valence-electron chi connectivity index (χ4n) is 1.01. The van der Waals surface area contributed by atoms with Crippen LogP contribution >= 0.6 is 11.6 Å². The average Bonchev–Trinajstić information content (AvgIpc) is 2.61. The molecule has 0 unspecified atom stereocenters. The predicted molar refractivity (Wildman–Crippen MR) is 46.8 cm³/mol. The van der Waals surface area contributed by atoms with Crippen molar-refractivity contribution in [3.63, 3.8) is 0 Å². The molecule has 13 heavy (non-hydrogen) atoms. The van der Waals surface area contributed by atoms with Crippen molar-refractivity contribution in [2.45, 2.75) is 0 Å². The summed E-state index contributed by atoms with van der Waals surface area (Å²) < 4.78 is 13.2. The van der Waals surface area contributed by atoms with Crippen LogP contribution in [0.25, 0.3) is 11.4 Å². The van der Waals surface area contributed by atoms with Gasteiger partial charge >= 0.3 is 0 Å². The van der Waals surface area contributed by atoms with E-state index in [0.717, 1.165) is 6.20 Å². The van der Waals surface area contributed by atoms with E-state index < -0.39 is 5.82 Å². The quantitative estimate of drug-likeness (QED) is 0.713. The van der Waals surface area contributed by atoms with Crippen molar-refractivity contribution in [3.05, 3.63) is 35.6 Å². The maximum atomic E-state index is 13.2. The van der Waals surface area contributed by atoms with E-state index in [1.807, 2.05) is 0 Å². The number of nitrogens with one attached hydrogen (secondary N) is 1. The Bertz CT molecular complexity index is 413. The molecule has 0 bridgehead atoms. The SMILES string of the molecule is Fc1cnc(Cl)cc1-c1ncc[nH]1. The largest absolute Gasteiger partial charge is 0.345 e. The molecule has 0 saturated carbocycles. The highest BCUT2D eigenvalue weighted by Crippen LogP contribution is 2.20. The van der Waals surface area contributed by atoms with Gasteiger partial charge in [0.15, 0.2) is 5.82 Å². The molecule has 2 aromatic rings.